The summed E-state index contributed by atoms with van der Waals surface area (Å²) in [5.74, 6) is 4.57. The molecule has 120 valence electrons. The maximum absolute atomic E-state index is 11.6. The molecule has 2 amide bonds. The van der Waals surface area contributed by atoms with Crippen molar-refractivity contribution in [2.75, 3.05) is 13.1 Å². The predicted octanol–water partition coefficient (Wildman–Crippen LogP) is -0.354. The second kappa shape index (κ2) is 10.2. The zero-order valence-corrected chi connectivity index (χ0v) is 13.1. The van der Waals surface area contributed by atoms with E-state index in [-0.39, 0.29) is 12.5 Å². The monoisotopic (exact) mass is 298 g/mol. The van der Waals surface area contributed by atoms with Crippen LogP contribution in [-0.4, -0.2) is 47.3 Å². The summed E-state index contributed by atoms with van der Waals surface area (Å²) in [5, 5.41) is 24.0. The lowest BCUT2D eigenvalue weighted by molar-refractivity contribution is -0.145. The molecule has 21 heavy (non-hydrogen) atoms. The molecule has 0 spiro atoms. The number of carbonyl (C=O) groups excluding carboxylic acids is 2. The molecule has 0 aliphatic carbocycles. The van der Waals surface area contributed by atoms with Crippen molar-refractivity contribution in [2.45, 2.75) is 46.3 Å². The molecule has 0 saturated heterocycles. The van der Waals surface area contributed by atoms with Crippen LogP contribution < -0.4 is 10.6 Å². The number of aliphatic hydroxyl groups is 2. The largest absolute Gasteiger partial charge is 0.380 e. The van der Waals surface area contributed by atoms with E-state index in [4.69, 9.17) is 0 Å². The Morgan fingerprint density at radius 1 is 1.00 bits per heavy atom. The third-order valence-electron chi connectivity index (χ3n) is 2.60. The first kappa shape index (κ1) is 19.4. The molecule has 6 nitrogen and oxygen atoms in total. The third-order valence-corrected chi connectivity index (χ3v) is 2.60. The lowest BCUT2D eigenvalue weighted by atomic mass is 10.1. The van der Waals surface area contributed by atoms with Gasteiger partial charge in [0.15, 0.2) is 12.2 Å². The molecule has 0 aromatic rings. The van der Waals surface area contributed by atoms with E-state index in [1.54, 1.807) is 0 Å². The van der Waals surface area contributed by atoms with Crippen LogP contribution in [0.15, 0.2) is 0 Å². The molecule has 0 saturated carbocycles. The van der Waals surface area contributed by atoms with Gasteiger partial charge < -0.3 is 20.8 Å². The van der Waals surface area contributed by atoms with Gasteiger partial charge in [-0.2, -0.15) is 0 Å². The quantitative estimate of drug-likeness (QED) is 0.483. The van der Waals surface area contributed by atoms with Crippen LogP contribution in [0.5, 0.6) is 0 Å². The Hall–Kier alpha value is -1.58. The van der Waals surface area contributed by atoms with E-state index >= 15 is 0 Å². The zero-order valence-electron chi connectivity index (χ0n) is 13.1. The van der Waals surface area contributed by atoms with Gasteiger partial charge >= 0.3 is 0 Å². The third kappa shape index (κ3) is 9.05. The molecule has 0 bridgehead atoms. The van der Waals surface area contributed by atoms with Crippen LogP contribution in [0.1, 0.15) is 34.1 Å². The van der Waals surface area contributed by atoms with E-state index < -0.39 is 24.0 Å². The maximum atomic E-state index is 11.6. The topological polar surface area (TPSA) is 98.7 Å². The van der Waals surface area contributed by atoms with Crippen LogP contribution in [0.2, 0.25) is 0 Å². The molecule has 0 aromatic heterocycles. The summed E-state index contributed by atoms with van der Waals surface area (Å²) >= 11 is 0. The smallest absolute Gasteiger partial charge is 0.252 e. The first-order chi connectivity index (χ1) is 9.75. The first-order valence-electron chi connectivity index (χ1n) is 7.15. The van der Waals surface area contributed by atoms with Gasteiger partial charge in [-0.1, -0.05) is 39.5 Å². The molecule has 2 atom stereocenters. The van der Waals surface area contributed by atoms with E-state index in [1.165, 1.54) is 0 Å². The van der Waals surface area contributed by atoms with Crippen molar-refractivity contribution >= 4 is 11.8 Å². The Bertz CT molecular complexity index is 396. The van der Waals surface area contributed by atoms with Gasteiger partial charge in [-0.15, -0.1) is 0 Å². The standard InChI is InChI=1S/C15H26N2O4/c1-10(2)6-5-8-16-14(20)12(18)13(19)15(21)17-9-7-11(3)4/h10-13,18-19H,7-9H2,1-4H3,(H,16,20)(H,17,21). The molecule has 4 N–H and O–H groups in total. The number of aliphatic hydroxyl groups excluding tert-OH is 2. The number of rotatable bonds is 7. The van der Waals surface area contributed by atoms with Crippen LogP contribution in [-0.2, 0) is 9.59 Å². The highest BCUT2D eigenvalue weighted by atomic mass is 16.3. The van der Waals surface area contributed by atoms with E-state index in [2.05, 4.69) is 22.5 Å². The Balaban J connectivity index is 4.17. The highest BCUT2D eigenvalue weighted by Gasteiger charge is 2.29. The van der Waals surface area contributed by atoms with Crippen LogP contribution in [0.3, 0.4) is 0 Å². The van der Waals surface area contributed by atoms with Crippen molar-refractivity contribution in [1.82, 2.24) is 10.6 Å². The number of hydrogen-bond donors (Lipinski definition) is 4. The number of carbonyl (C=O) groups is 2. The molecule has 0 aliphatic rings. The summed E-state index contributed by atoms with van der Waals surface area (Å²) < 4.78 is 0. The maximum Gasteiger partial charge on any atom is 0.252 e. The highest BCUT2D eigenvalue weighted by Crippen LogP contribution is 1.98. The summed E-state index contributed by atoms with van der Waals surface area (Å²) in [6.45, 7) is 8.29. The fourth-order valence-electron chi connectivity index (χ4n) is 1.37. The van der Waals surface area contributed by atoms with Gasteiger partial charge in [-0.25, -0.2) is 0 Å². The SMILES string of the molecule is CC(C)C#CCNC(=O)C(O)C(O)C(=O)NCCC(C)C. The summed E-state index contributed by atoms with van der Waals surface area (Å²) in [7, 11) is 0. The minimum atomic E-state index is -1.80. The van der Waals surface area contributed by atoms with Crippen LogP contribution in [0.25, 0.3) is 0 Å². The second-order valence-electron chi connectivity index (χ2n) is 5.56. The number of hydrogen-bond acceptors (Lipinski definition) is 4. The highest BCUT2D eigenvalue weighted by molar-refractivity contribution is 5.90. The summed E-state index contributed by atoms with van der Waals surface area (Å²) in [4.78, 5) is 23.1. The predicted molar refractivity (Wildman–Crippen MR) is 80.1 cm³/mol. The van der Waals surface area contributed by atoms with Crippen molar-refractivity contribution in [1.29, 1.82) is 0 Å². The molecule has 0 radical (unpaired) electrons. The average molecular weight is 298 g/mol. The zero-order chi connectivity index (χ0) is 16.4. The molecule has 0 rings (SSSR count). The number of nitrogens with one attached hydrogen (secondary N) is 2. The van der Waals surface area contributed by atoms with Gasteiger partial charge in [0.25, 0.3) is 11.8 Å². The first-order valence-corrected chi connectivity index (χ1v) is 7.15. The van der Waals surface area contributed by atoms with Gasteiger partial charge in [0.2, 0.25) is 0 Å². The van der Waals surface area contributed by atoms with Crippen molar-refractivity contribution in [3.63, 3.8) is 0 Å². The van der Waals surface area contributed by atoms with Crippen LogP contribution in [0.4, 0.5) is 0 Å². The molecule has 0 heterocycles. The Kier molecular flexibility index (Phi) is 9.42. The lowest BCUT2D eigenvalue weighted by Crippen LogP contribution is -2.49. The van der Waals surface area contributed by atoms with E-state index in [0.29, 0.717) is 12.5 Å². The van der Waals surface area contributed by atoms with Crippen molar-refractivity contribution < 1.29 is 19.8 Å². The molecule has 0 fully saturated rings. The van der Waals surface area contributed by atoms with E-state index in [0.717, 1.165) is 6.42 Å². The molecular weight excluding hydrogens is 272 g/mol. The van der Waals surface area contributed by atoms with Crippen LogP contribution >= 0.6 is 0 Å². The summed E-state index contributed by atoms with van der Waals surface area (Å²) in [6.07, 6.45) is -2.83. The van der Waals surface area contributed by atoms with Crippen molar-refractivity contribution in [3.8, 4) is 11.8 Å². The summed E-state index contributed by atoms with van der Waals surface area (Å²) in [5.41, 5.74) is 0. The second-order valence-corrected chi connectivity index (χ2v) is 5.56. The van der Waals surface area contributed by atoms with Crippen molar-refractivity contribution in [3.05, 3.63) is 0 Å². The fourth-order valence-corrected chi connectivity index (χ4v) is 1.37. The Morgan fingerprint density at radius 2 is 1.52 bits per heavy atom. The van der Waals surface area contributed by atoms with Crippen molar-refractivity contribution in [2.24, 2.45) is 11.8 Å². The lowest BCUT2D eigenvalue weighted by Gasteiger charge is -2.17. The van der Waals surface area contributed by atoms with Gasteiger partial charge in [-0.3, -0.25) is 9.59 Å². The van der Waals surface area contributed by atoms with Crippen LogP contribution in [0, 0.1) is 23.7 Å². The van der Waals surface area contributed by atoms with Gasteiger partial charge in [0.05, 0.1) is 6.54 Å². The average Bonchev–Trinajstić information content (AvgIpc) is 2.40. The van der Waals surface area contributed by atoms with Gasteiger partial charge in [-0.05, 0) is 12.3 Å². The fraction of sp³-hybridized carbons (Fsp3) is 0.733. The van der Waals surface area contributed by atoms with E-state index in [1.807, 2.05) is 27.7 Å². The Labute approximate surface area is 126 Å². The molecular formula is C15H26N2O4. The summed E-state index contributed by atoms with van der Waals surface area (Å²) in [6, 6.07) is 0. The molecule has 6 heteroatoms. The number of amides is 2. The van der Waals surface area contributed by atoms with Gasteiger partial charge in [0, 0.05) is 12.5 Å². The molecule has 0 aromatic carbocycles. The minimum absolute atomic E-state index is 0.0652. The normalized spacial score (nSPS) is 13.3. The minimum Gasteiger partial charge on any atom is -0.380 e. The molecule has 0 aliphatic heterocycles. The Morgan fingerprint density at radius 3 is 2.00 bits per heavy atom. The van der Waals surface area contributed by atoms with Gasteiger partial charge in [0.1, 0.15) is 0 Å². The molecule has 2 unspecified atom stereocenters. The van der Waals surface area contributed by atoms with E-state index in [9.17, 15) is 19.8 Å².